The van der Waals surface area contributed by atoms with E-state index in [2.05, 4.69) is 36.5 Å². The van der Waals surface area contributed by atoms with Gasteiger partial charge in [0.25, 0.3) is 0 Å². The van der Waals surface area contributed by atoms with Crippen molar-refractivity contribution >= 4 is 0 Å². The van der Waals surface area contributed by atoms with Crippen LogP contribution in [0.15, 0.2) is 47.6 Å². The minimum absolute atomic E-state index is 0.799. The smallest absolute Gasteiger partial charge is 0.00111 e. The van der Waals surface area contributed by atoms with Gasteiger partial charge in [-0.1, -0.05) is 42.0 Å². The average molecular weight is 196 g/mol. The number of rotatable bonds is 0. The van der Waals surface area contributed by atoms with Gasteiger partial charge in [0.1, 0.15) is 0 Å². The molecule has 0 nitrogen and oxygen atoms in total. The summed E-state index contributed by atoms with van der Waals surface area (Å²) in [6, 6.07) is 0. The van der Waals surface area contributed by atoms with Crippen molar-refractivity contribution < 1.29 is 0 Å². The third-order valence-corrected chi connectivity index (χ3v) is 4.68. The molecule has 4 aliphatic carbocycles. The molecule has 0 amide bonds. The lowest BCUT2D eigenvalue weighted by molar-refractivity contribution is 0.392. The van der Waals surface area contributed by atoms with Crippen molar-refractivity contribution in [2.24, 2.45) is 23.7 Å². The van der Waals surface area contributed by atoms with Crippen LogP contribution in [0.5, 0.6) is 0 Å². The third-order valence-electron chi connectivity index (χ3n) is 4.68. The molecule has 4 rings (SSSR count). The summed E-state index contributed by atoms with van der Waals surface area (Å²) in [5.41, 5.74) is 3.35. The molecule has 0 spiro atoms. The van der Waals surface area contributed by atoms with Crippen LogP contribution >= 0.6 is 0 Å². The van der Waals surface area contributed by atoms with Gasteiger partial charge >= 0.3 is 0 Å². The molecule has 0 aromatic carbocycles. The zero-order chi connectivity index (χ0) is 9.83. The first kappa shape index (κ1) is 8.15. The van der Waals surface area contributed by atoms with E-state index in [1.165, 1.54) is 19.3 Å². The lowest BCUT2D eigenvalue weighted by atomic mass is 9.72. The summed E-state index contributed by atoms with van der Waals surface area (Å²) in [7, 11) is 0. The molecule has 1 saturated carbocycles. The molecule has 0 aliphatic heterocycles. The highest BCUT2D eigenvalue weighted by Crippen LogP contribution is 2.54. The van der Waals surface area contributed by atoms with Gasteiger partial charge in [-0.05, 0) is 48.5 Å². The van der Waals surface area contributed by atoms with Crippen LogP contribution < -0.4 is 0 Å². The topological polar surface area (TPSA) is 0 Å². The standard InChI is InChI=1S/C15H16/c1-2-4-11-9-15-13-6-5-12(7-13)14(15)8-10(11)3-1/h1-3,5-6,8,11-13,15H,4,7,9H2. The van der Waals surface area contributed by atoms with E-state index in [0.717, 1.165) is 23.7 Å². The fraction of sp³-hybridized carbons (Fsp3) is 0.467. The first-order valence-electron chi connectivity index (χ1n) is 6.18. The molecule has 0 heteroatoms. The number of hydrogen-bond acceptors (Lipinski definition) is 0. The maximum Gasteiger partial charge on any atom is -0.00111 e. The number of fused-ring (bicyclic) bond motifs is 6. The predicted molar refractivity (Wildman–Crippen MR) is 62.3 cm³/mol. The van der Waals surface area contributed by atoms with Crippen molar-refractivity contribution in [2.45, 2.75) is 19.3 Å². The van der Waals surface area contributed by atoms with Crippen LogP contribution in [0.4, 0.5) is 0 Å². The summed E-state index contributed by atoms with van der Waals surface area (Å²) in [6.45, 7) is 0. The summed E-state index contributed by atoms with van der Waals surface area (Å²) >= 11 is 0. The minimum atomic E-state index is 0.799. The van der Waals surface area contributed by atoms with Crippen LogP contribution in [0.1, 0.15) is 19.3 Å². The molecule has 0 saturated heterocycles. The summed E-state index contributed by atoms with van der Waals surface area (Å²) in [5.74, 6) is 3.41. The molecule has 2 bridgehead atoms. The monoisotopic (exact) mass is 196 g/mol. The van der Waals surface area contributed by atoms with E-state index in [-0.39, 0.29) is 0 Å². The molecule has 4 unspecified atom stereocenters. The van der Waals surface area contributed by atoms with E-state index < -0.39 is 0 Å². The lowest BCUT2D eigenvalue weighted by Crippen LogP contribution is -2.21. The van der Waals surface area contributed by atoms with Crippen LogP contribution in [-0.4, -0.2) is 0 Å². The molecule has 4 atom stereocenters. The van der Waals surface area contributed by atoms with Crippen LogP contribution in [0, 0.1) is 23.7 Å². The molecule has 76 valence electrons. The van der Waals surface area contributed by atoms with Crippen LogP contribution in [0.25, 0.3) is 0 Å². The van der Waals surface area contributed by atoms with Crippen molar-refractivity contribution in [3.8, 4) is 0 Å². The summed E-state index contributed by atoms with van der Waals surface area (Å²) < 4.78 is 0. The van der Waals surface area contributed by atoms with Gasteiger partial charge in [-0.2, -0.15) is 0 Å². The predicted octanol–water partition coefficient (Wildman–Crippen LogP) is 3.64. The summed E-state index contributed by atoms with van der Waals surface area (Å²) in [5, 5.41) is 0. The molecule has 0 radical (unpaired) electrons. The Kier molecular flexibility index (Phi) is 1.49. The van der Waals surface area contributed by atoms with Gasteiger partial charge in [-0.25, -0.2) is 0 Å². The molecule has 0 aromatic rings. The SMILES string of the molecule is C1=CCC2CC3C(=CC2=C1)C1C=CC3C1. The van der Waals surface area contributed by atoms with Crippen molar-refractivity contribution in [3.05, 3.63) is 47.6 Å². The average Bonchev–Trinajstić information content (AvgIpc) is 2.87. The van der Waals surface area contributed by atoms with Gasteiger partial charge < -0.3 is 0 Å². The van der Waals surface area contributed by atoms with Crippen molar-refractivity contribution in [1.82, 2.24) is 0 Å². The Morgan fingerprint density at radius 1 is 1.13 bits per heavy atom. The largest absolute Gasteiger partial charge is 0.0842 e. The van der Waals surface area contributed by atoms with E-state index in [9.17, 15) is 0 Å². The van der Waals surface area contributed by atoms with Gasteiger partial charge in [0.2, 0.25) is 0 Å². The normalized spacial score (nSPS) is 44.8. The third kappa shape index (κ3) is 1.03. The Morgan fingerprint density at radius 2 is 2.13 bits per heavy atom. The van der Waals surface area contributed by atoms with Crippen LogP contribution in [0.3, 0.4) is 0 Å². The Hall–Kier alpha value is -1.04. The Morgan fingerprint density at radius 3 is 3.13 bits per heavy atom. The molecule has 0 aromatic heterocycles. The van der Waals surface area contributed by atoms with Crippen molar-refractivity contribution in [3.63, 3.8) is 0 Å². The van der Waals surface area contributed by atoms with E-state index in [4.69, 9.17) is 0 Å². The molecule has 15 heavy (non-hydrogen) atoms. The van der Waals surface area contributed by atoms with Crippen molar-refractivity contribution in [1.29, 1.82) is 0 Å². The van der Waals surface area contributed by atoms with Crippen LogP contribution in [0.2, 0.25) is 0 Å². The zero-order valence-corrected chi connectivity index (χ0v) is 8.89. The first-order chi connectivity index (χ1) is 7.42. The maximum absolute atomic E-state index is 2.52. The fourth-order valence-corrected chi connectivity index (χ4v) is 3.91. The second kappa shape index (κ2) is 2.75. The minimum Gasteiger partial charge on any atom is -0.0842 e. The number of hydrogen-bond donors (Lipinski definition) is 0. The van der Waals surface area contributed by atoms with Gasteiger partial charge in [-0.15, -0.1) is 0 Å². The molecule has 0 heterocycles. The second-order valence-corrected chi connectivity index (χ2v) is 5.40. The molecule has 1 fully saturated rings. The molecule has 0 N–H and O–H groups in total. The van der Waals surface area contributed by atoms with Crippen molar-refractivity contribution in [2.75, 3.05) is 0 Å². The maximum atomic E-state index is 2.52. The van der Waals surface area contributed by atoms with Gasteiger partial charge in [-0.3, -0.25) is 0 Å². The molecule has 4 aliphatic rings. The first-order valence-corrected chi connectivity index (χ1v) is 6.18. The summed E-state index contributed by atoms with van der Waals surface area (Å²) in [4.78, 5) is 0. The van der Waals surface area contributed by atoms with E-state index in [1.807, 2.05) is 0 Å². The summed E-state index contributed by atoms with van der Waals surface area (Å²) in [6.07, 6.45) is 18.4. The van der Waals surface area contributed by atoms with E-state index >= 15 is 0 Å². The molecular formula is C15H16. The fourth-order valence-electron chi connectivity index (χ4n) is 3.91. The van der Waals surface area contributed by atoms with Gasteiger partial charge in [0, 0.05) is 0 Å². The van der Waals surface area contributed by atoms with Gasteiger partial charge in [0.15, 0.2) is 0 Å². The quantitative estimate of drug-likeness (QED) is 0.519. The van der Waals surface area contributed by atoms with Crippen LogP contribution in [-0.2, 0) is 0 Å². The Balaban J connectivity index is 1.80. The van der Waals surface area contributed by atoms with E-state index in [1.54, 1.807) is 11.1 Å². The highest BCUT2D eigenvalue weighted by Gasteiger charge is 2.43. The highest BCUT2D eigenvalue weighted by molar-refractivity contribution is 5.43. The molecular weight excluding hydrogens is 180 g/mol. The highest BCUT2D eigenvalue weighted by atomic mass is 14.5. The van der Waals surface area contributed by atoms with Gasteiger partial charge in [0.05, 0.1) is 0 Å². The second-order valence-electron chi connectivity index (χ2n) is 5.40. The lowest BCUT2D eigenvalue weighted by Gasteiger charge is -2.33. The Bertz CT molecular complexity index is 419. The zero-order valence-electron chi connectivity index (χ0n) is 8.89. The number of allylic oxidation sites excluding steroid dienone is 8. The van der Waals surface area contributed by atoms with E-state index in [0.29, 0.717) is 0 Å². The Labute approximate surface area is 91.1 Å².